The summed E-state index contributed by atoms with van der Waals surface area (Å²) in [4.78, 5) is 12.3. The summed E-state index contributed by atoms with van der Waals surface area (Å²) in [6.07, 6.45) is -0.465. The maximum atomic E-state index is 12.3. The summed E-state index contributed by atoms with van der Waals surface area (Å²) in [6.45, 7) is 0.229. The van der Waals surface area contributed by atoms with Crippen molar-refractivity contribution in [3.05, 3.63) is 104 Å². The molecule has 0 saturated heterocycles. The zero-order valence-corrected chi connectivity index (χ0v) is 16.8. The first kappa shape index (κ1) is 18.7. The van der Waals surface area contributed by atoms with Crippen molar-refractivity contribution in [2.75, 3.05) is 0 Å². The Kier molecular flexibility index (Phi) is 6.52. The predicted octanol–water partition coefficient (Wildman–Crippen LogP) is 5.96. The van der Waals surface area contributed by atoms with Gasteiger partial charge >= 0.3 is 6.09 Å². The van der Waals surface area contributed by atoms with Crippen molar-refractivity contribution in [2.24, 2.45) is 0 Å². The number of rotatable bonds is 5. The monoisotopic (exact) mass is 477 g/mol. The van der Waals surface area contributed by atoms with Gasteiger partial charge in [-0.15, -0.1) is 0 Å². The van der Waals surface area contributed by atoms with Gasteiger partial charge < -0.3 is 10.1 Å². The molecule has 0 aliphatic heterocycles. The van der Waals surface area contributed by atoms with Gasteiger partial charge in [0.15, 0.2) is 0 Å². The van der Waals surface area contributed by atoms with Crippen LogP contribution in [0, 0.1) is 3.57 Å². The Morgan fingerprint density at radius 1 is 0.923 bits per heavy atom. The molecule has 3 nitrogen and oxygen atoms in total. The summed E-state index contributed by atoms with van der Waals surface area (Å²) >= 11 is 8.25. The highest BCUT2D eigenvalue weighted by atomic mass is 127. The van der Waals surface area contributed by atoms with Gasteiger partial charge in [-0.3, -0.25) is 0 Å². The third kappa shape index (κ3) is 5.22. The lowest BCUT2D eigenvalue weighted by Crippen LogP contribution is -2.29. The van der Waals surface area contributed by atoms with Crippen molar-refractivity contribution >= 4 is 40.3 Å². The minimum absolute atomic E-state index is 0.229. The van der Waals surface area contributed by atoms with Crippen molar-refractivity contribution in [1.29, 1.82) is 0 Å². The van der Waals surface area contributed by atoms with Gasteiger partial charge in [-0.2, -0.15) is 0 Å². The number of amides is 1. The summed E-state index contributed by atoms with van der Waals surface area (Å²) in [5, 5.41) is 3.61. The molecule has 1 unspecified atom stereocenters. The van der Waals surface area contributed by atoms with Crippen LogP contribution in [-0.2, 0) is 11.3 Å². The molecule has 0 aliphatic carbocycles. The molecule has 0 bridgehead atoms. The van der Waals surface area contributed by atoms with E-state index in [1.807, 2.05) is 78.9 Å². The van der Waals surface area contributed by atoms with Crippen LogP contribution in [0.1, 0.15) is 22.7 Å². The first-order valence-electron chi connectivity index (χ1n) is 8.10. The molecule has 0 saturated carbocycles. The number of halogens is 2. The molecular weight excluding hydrogens is 461 g/mol. The number of hydrogen-bond acceptors (Lipinski definition) is 2. The lowest BCUT2D eigenvalue weighted by atomic mass is 9.99. The van der Waals surface area contributed by atoms with Crippen LogP contribution in [0.4, 0.5) is 4.79 Å². The van der Waals surface area contributed by atoms with Gasteiger partial charge in [-0.05, 0) is 63.5 Å². The first-order valence-corrected chi connectivity index (χ1v) is 9.55. The van der Waals surface area contributed by atoms with E-state index in [1.165, 1.54) is 0 Å². The number of alkyl carbamates (subject to hydrolysis) is 1. The molecule has 0 heterocycles. The molecule has 0 spiro atoms. The SMILES string of the molecule is O=C(NC(c1ccc(Cl)cc1)c1ccc(I)cc1)OCc1ccccc1. The van der Waals surface area contributed by atoms with E-state index in [2.05, 4.69) is 27.9 Å². The molecule has 1 atom stereocenters. The minimum Gasteiger partial charge on any atom is -0.445 e. The van der Waals surface area contributed by atoms with Crippen molar-refractivity contribution in [1.82, 2.24) is 5.32 Å². The Morgan fingerprint density at radius 3 is 2.12 bits per heavy atom. The van der Waals surface area contributed by atoms with Crippen LogP contribution in [0.15, 0.2) is 78.9 Å². The Bertz CT molecular complexity index is 806. The molecule has 132 valence electrons. The average Bonchev–Trinajstić information content (AvgIpc) is 2.67. The molecule has 0 radical (unpaired) electrons. The van der Waals surface area contributed by atoms with Crippen LogP contribution in [-0.4, -0.2) is 6.09 Å². The molecule has 5 heteroatoms. The molecule has 0 aliphatic rings. The molecule has 3 aromatic rings. The van der Waals surface area contributed by atoms with Gasteiger partial charge in [0.1, 0.15) is 6.61 Å². The van der Waals surface area contributed by atoms with E-state index in [4.69, 9.17) is 16.3 Å². The van der Waals surface area contributed by atoms with Crippen LogP contribution in [0.2, 0.25) is 5.02 Å². The van der Waals surface area contributed by atoms with Crippen LogP contribution < -0.4 is 5.32 Å². The number of carbonyl (C=O) groups is 1. The maximum Gasteiger partial charge on any atom is 0.408 e. The van der Waals surface area contributed by atoms with E-state index in [1.54, 1.807) is 0 Å². The highest BCUT2D eigenvalue weighted by Crippen LogP contribution is 2.24. The van der Waals surface area contributed by atoms with Gasteiger partial charge in [0.25, 0.3) is 0 Å². The van der Waals surface area contributed by atoms with E-state index < -0.39 is 6.09 Å². The van der Waals surface area contributed by atoms with Crippen LogP contribution in [0.5, 0.6) is 0 Å². The van der Waals surface area contributed by atoms with Crippen molar-refractivity contribution < 1.29 is 9.53 Å². The van der Waals surface area contributed by atoms with E-state index >= 15 is 0 Å². The Morgan fingerprint density at radius 2 is 1.50 bits per heavy atom. The normalized spacial score (nSPS) is 11.6. The van der Waals surface area contributed by atoms with Gasteiger partial charge in [0.05, 0.1) is 6.04 Å². The largest absolute Gasteiger partial charge is 0.445 e. The Labute approximate surface area is 171 Å². The zero-order chi connectivity index (χ0) is 18.4. The molecule has 0 aromatic heterocycles. The number of hydrogen-bond donors (Lipinski definition) is 1. The van der Waals surface area contributed by atoms with Crippen molar-refractivity contribution in [2.45, 2.75) is 12.6 Å². The van der Waals surface area contributed by atoms with Crippen molar-refractivity contribution in [3.63, 3.8) is 0 Å². The lowest BCUT2D eigenvalue weighted by Gasteiger charge is -2.20. The summed E-state index contributed by atoms with van der Waals surface area (Å²) in [5.74, 6) is 0. The second kappa shape index (κ2) is 9.05. The maximum absolute atomic E-state index is 12.3. The summed E-state index contributed by atoms with van der Waals surface area (Å²) in [7, 11) is 0. The Balaban J connectivity index is 1.75. The molecule has 0 fully saturated rings. The molecule has 1 amide bonds. The Hall–Kier alpha value is -2.05. The number of ether oxygens (including phenoxy) is 1. The third-order valence-corrected chi connectivity index (χ3v) is 4.85. The van der Waals surface area contributed by atoms with Gasteiger partial charge in [-0.1, -0.05) is 66.2 Å². The second-order valence-electron chi connectivity index (χ2n) is 5.74. The average molecular weight is 478 g/mol. The summed E-state index contributed by atoms with van der Waals surface area (Å²) in [5.41, 5.74) is 2.86. The van der Waals surface area contributed by atoms with Crippen LogP contribution in [0.3, 0.4) is 0 Å². The second-order valence-corrected chi connectivity index (χ2v) is 7.42. The van der Waals surface area contributed by atoms with E-state index in [0.29, 0.717) is 5.02 Å². The molecule has 1 N–H and O–H groups in total. The summed E-state index contributed by atoms with van der Waals surface area (Å²) < 4.78 is 6.50. The zero-order valence-electron chi connectivity index (χ0n) is 13.9. The highest BCUT2D eigenvalue weighted by molar-refractivity contribution is 14.1. The number of nitrogens with one attached hydrogen (secondary N) is 1. The quantitative estimate of drug-likeness (QED) is 0.461. The number of benzene rings is 3. The van der Waals surface area contributed by atoms with E-state index in [-0.39, 0.29) is 12.6 Å². The fourth-order valence-corrected chi connectivity index (χ4v) is 3.04. The molecule has 3 aromatic carbocycles. The van der Waals surface area contributed by atoms with E-state index in [0.717, 1.165) is 20.3 Å². The lowest BCUT2D eigenvalue weighted by molar-refractivity contribution is 0.137. The van der Waals surface area contributed by atoms with Gasteiger partial charge in [0.2, 0.25) is 0 Å². The van der Waals surface area contributed by atoms with E-state index in [9.17, 15) is 4.79 Å². The smallest absolute Gasteiger partial charge is 0.408 e. The van der Waals surface area contributed by atoms with Crippen molar-refractivity contribution in [3.8, 4) is 0 Å². The van der Waals surface area contributed by atoms with Crippen LogP contribution >= 0.6 is 34.2 Å². The number of carbonyl (C=O) groups excluding carboxylic acids is 1. The molecule has 26 heavy (non-hydrogen) atoms. The summed E-state index contributed by atoms with van der Waals surface area (Å²) in [6, 6.07) is 24.7. The van der Waals surface area contributed by atoms with Gasteiger partial charge in [-0.25, -0.2) is 4.79 Å². The molecular formula is C21H17ClINO2. The first-order chi connectivity index (χ1) is 12.6. The topological polar surface area (TPSA) is 38.3 Å². The minimum atomic E-state index is -0.465. The third-order valence-electron chi connectivity index (χ3n) is 3.88. The van der Waals surface area contributed by atoms with Crippen LogP contribution in [0.25, 0.3) is 0 Å². The fourth-order valence-electron chi connectivity index (χ4n) is 2.55. The van der Waals surface area contributed by atoms with Gasteiger partial charge in [0, 0.05) is 8.59 Å². The molecule has 3 rings (SSSR count). The fraction of sp³-hybridized carbons (Fsp3) is 0.0952. The standard InChI is InChI=1S/C21H17ClINO2/c22-18-10-6-16(7-11-18)20(17-8-12-19(23)13-9-17)24-21(25)26-14-15-4-2-1-3-5-15/h1-13,20H,14H2,(H,24,25). The predicted molar refractivity (Wildman–Crippen MR) is 112 cm³/mol. The highest BCUT2D eigenvalue weighted by Gasteiger charge is 2.18.